The highest BCUT2D eigenvalue weighted by Crippen LogP contribution is 2.35. The zero-order valence-corrected chi connectivity index (χ0v) is 11.2. The Labute approximate surface area is 109 Å². The lowest BCUT2D eigenvalue weighted by Crippen LogP contribution is -1.93. The molecular weight excluding hydrogens is 256 g/mol. The Morgan fingerprint density at radius 1 is 1.41 bits per heavy atom. The van der Waals surface area contributed by atoms with E-state index in [2.05, 4.69) is 5.10 Å². The van der Waals surface area contributed by atoms with Crippen LogP contribution in [0.2, 0.25) is 5.02 Å². The number of hydrogen-bond donors (Lipinski definition) is 1. The Bertz CT molecular complexity index is 539. The molecule has 0 fully saturated rings. The average Bonchev–Trinajstić information content (AvgIpc) is 2.56. The molecule has 1 aromatic heterocycles. The summed E-state index contributed by atoms with van der Waals surface area (Å²) in [5.74, 6) is 0. The van der Waals surface area contributed by atoms with Crippen molar-refractivity contribution in [1.29, 1.82) is 0 Å². The van der Waals surface area contributed by atoms with Crippen molar-refractivity contribution in [2.24, 2.45) is 7.05 Å². The summed E-state index contributed by atoms with van der Waals surface area (Å²) >= 11 is 7.64. The van der Waals surface area contributed by atoms with Gasteiger partial charge in [-0.2, -0.15) is 5.10 Å². The first-order chi connectivity index (χ1) is 8.13. The standard InChI is InChI=1S/C12H13ClN2OS/c1-8-9(7-16)12(15(2)14-8)17-11-6-4-3-5-10(11)13/h3-6,16H,7H2,1-2H3. The lowest BCUT2D eigenvalue weighted by molar-refractivity contribution is 0.277. The molecule has 0 atom stereocenters. The van der Waals surface area contributed by atoms with Crippen molar-refractivity contribution < 1.29 is 5.11 Å². The average molecular weight is 269 g/mol. The van der Waals surface area contributed by atoms with Gasteiger partial charge in [-0.3, -0.25) is 4.68 Å². The van der Waals surface area contributed by atoms with E-state index in [0.29, 0.717) is 5.02 Å². The van der Waals surface area contributed by atoms with Crippen molar-refractivity contribution in [3.8, 4) is 0 Å². The molecule has 0 spiro atoms. The van der Waals surface area contributed by atoms with Crippen LogP contribution in [0.3, 0.4) is 0 Å². The number of halogens is 1. The van der Waals surface area contributed by atoms with E-state index < -0.39 is 0 Å². The van der Waals surface area contributed by atoms with Crippen LogP contribution in [0.5, 0.6) is 0 Å². The third-order valence-electron chi connectivity index (χ3n) is 2.49. The Morgan fingerprint density at radius 3 is 2.76 bits per heavy atom. The molecular formula is C12H13ClN2OS. The molecule has 3 nitrogen and oxygen atoms in total. The molecule has 2 rings (SSSR count). The van der Waals surface area contributed by atoms with Gasteiger partial charge in [-0.15, -0.1) is 0 Å². The molecule has 0 saturated carbocycles. The second kappa shape index (κ2) is 5.12. The molecule has 0 aliphatic rings. The minimum Gasteiger partial charge on any atom is -0.392 e. The number of hydrogen-bond acceptors (Lipinski definition) is 3. The number of rotatable bonds is 3. The fourth-order valence-electron chi connectivity index (χ4n) is 1.62. The lowest BCUT2D eigenvalue weighted by Gasteiger charge is -2.06. The first-order valence-electron chi connectivity index (χ1n) is 5.19. The molecule has 0 unspecified atom stereocenters. The van der Waals surface area contributed by atoms with Gasteiger partial charge in [-0.1, -0.05) is 35.5 Å². The second-order valence-corrected chi connectivity index (χ2v) is 5.12. The van der Waals surface area contributed by atoms with Gasteiger partial charge in [-0.05, 0) is 19.1 Å². The summed E-state index contributed by atoms with van der Waals surface area (Å²) < 4.78 is 1.77. The van der Waals surface area contributed by atoms with Gasteiger partial charge in [-0.25, -0.2) is 0 Å². The zero-order chi connectivity index (χ0) is 12.4. The van der Waals surface area contributed by atoms with Crippen molar-refractivity contribution >= 4 is 23.4 Å². The SMILES string of the molecule is Cc1nn(C)c(Sc2ccccc2Cl)c1CO. The number of aliphatic hydroxyl groups excluding tert-OH is 1. The first-order valence-corrected chi connectivity index (χ1v) is 6.38. The predicted molar refractivity (Wildman–Crippen MR) is 69.4 cm³/mol. The summed E-state index contributed by atoms with van der Waals surface area (Å²) in [4.78, 5) is 0.965. The van der Waals surface area contributed by atoms with Gasteiger partial charge in [0, 0.05) is 17.5 Å². The minimum absolute atomic E-state index is 0.00748. The third-order valence-corrected chi connectivity index (χ3v) is 4.21. The summed E-state index contributed by atoms with van der Waals surface area (Å²) in [6, 6.07) is 7.64. The predicted octanol–water partition coefficient (Wildman–Crippen LogP) is 3.03. The molecule has 2 aromatic rings. The number of benzene rings is 1. The van der Waals surface area contributed by atoms with Crippen LogP contribution in [0.15, 0.2) is 34.2 Å². The van der Waals surface area contributed by atoms with Crippen LogP contribution in [-0.4, -0.2) is 14.9 Å². The Morgan fingerprint density at radius 2 is 2.12 bits per heavy atom. The maximum atomic E-state index is 9.36. The molecule has 0 saturated heterocycles. The van der Waals surface area contributed by atoms with E-state index in [-0.39, 0.29) is 6.61 Å². The fourth-order valence-corrected chi connectivity index (χ4v) is 2.90. The zero-order valence-electron chi connectivity index (χ0n) is 9.64. The highest BCUT2D eigenvalue weighted by atomic mass is 35.5. The highest BCUT2D eigenvalue weighted by Gasteiger charge is 2.14. The van der Waals surface area contributed by atoms with E-state index in [4.69, 9.17) is 11.6 Å². The lowest BCUT2D eigenvalue weighted by atomic mass is 10.3. The largest absolute Gasteiger partial charge is 0.392 e. The summed E-state index contributed by atoms with van der Waals surface area (Å²) in [6.07, 6.45) is 0. The van der Waals surface area contributed by atoms with Gasteiger partial charge in [0.1, 0.15) is 5.03 Å². The van der Waals surface area contributed by atoms with Crippen LogP contribution in [-0.2, 0) is 13.7 Å². The summed E-state index contributed by atoms with van der Waals surface area (Å²) in [5, 5.41) is 15.3. The van der Waals surface area contributed by atoms with Gasteiger partial charge in [0.05, 0.1) is 17.3 Å². The van der Waals surface area contributed by atoms with Crippen molar-refractivity contribution in [3.63, 3.8) is 0 Å². The van der Waals surface area contributed by atoms with E-state index in [1.807, 2.05) is 38.2 Å². The maximum Gasteiger partial charge on any atom is 0.104 e. The number of nitrogens with zero attached hydrogens (tertiary/aromatic N) is 2. The summed E-state index contributed by atoms with van der Waals surface area (Å²) in [7, 11) is 1.87. The maximum absolute atomic E-state index is 9.36. The topological polar surface area (TPSA) is 38.0 Å². The normalized spacial score (nSPS) is 10.8. The number of aryl methyl sites for hydroxylation is 2. The molecule has 0 aliphatic heterocycles. The molecule has 0 aliphatic carbocycles. The molecule has 1 heterocycles. The quantitative estimate of drug-likeness (QED) is 0.930. The Kier molecular flexibility index (Phi) is 3.76. The number of aliphatic hydroxyl groups is 1. The van der Waals surface area contributed by atoms with E-state index >= 15 is 0 Å². The van der Waals surface area contributed by atoms with Crippen LogP contribution in [0.25, 0.3) is 0 Å². The van der Waals surface area contributed by atoms with Gasteiger partial charge < -0.3 is 5.11 Å². The van der Waals surface area contributed by atoms with Crippen LogP contribution < -0.4 is 0 Å². The van der Waals surface area contributed by atoms with Crippen molar-refractivity contribution in [2.75, 3.05) is 0 Å². The summed E-state index contributed by atoms with van der Waals surface area (Å²) in [5.41, 5.74) is 1.71. The van der Waals surface area contributed by atoms with E-state index in [9.17, 15) is 5.11 Å². The molecule has 90 valence electrons. The number of aromatic nitrogens is 2. The van der Waals surface area contributed by atoms with Crippen molar-refractivity contribution in [2.45, 2.75) is 23.5 Å². The van der Waals surface area contributed by atoms with Crippen molar-refractivity contribution in [3.05, 3.63) is 40.5 Å². The molecule has 1 N–H and O–H groups in total. The Balaban J connectivity index is 2.40. The molecule has 5 heteroatoms. The molecule has 0 amide bonds. The third kappa shape index (κ3) is 2.49. The second-order valence-electron chi connectivity index (χ2n) is 3.68. The van der Waals surface area contributed by atoms with Gasteiger partial charge in [0.2, 0.25) is 0 Å². The smallest absolute Gasteiger partial charge is 0.104 e. The molecule has 0 bridgehead atoms. The Hall–Kier alpha value is -0.970. The molecule has 17 heavy (non-hydrogen) atoms. The van der Waals surface area contributed by atoms with Crippen LogP contribution >= 0.6 is 23.4 Å². The molecule has 1 aromatic carbocycles. The van der Waals surface area contributed by atoms with E-state index in [0.717, 1.165) is 21.2 Å². The van der Waals surface area contributed by atoms with Crippen LogP contribution in [0.1, 0.15) is 11.3 Å². The fraction of sp³-hybridized carbons (Fsp3) is 0.250. The van der Waals surface area contributed by atoms with Crippen molar-refractivity contribution in [1.82, 2.24) is 9.78 Å². The monoisotopic (exact) mass is 268 g/mol. The highest BCUT2D eigenvalue weighted by molar-refractivity contribution is 7.99. The minimum atomic E-state index is -0.00748. The summed E-state index contributed by atoms with van der Waals surface area (Å²) in [6.45, 7) is 1.88. The van der Waals surface area contributed by atoms with Gasteiger partial charge in [0.15, 0.2) is 0 Å². The van der Waals surface area contributed by atoms with Gasteiger partial charge >= 0.3 is 0 Å². The molecule has 0 radical (unpaired) electrons. The first kappa shape index (κ1) is 12.5. The van der Waals surface area contributed by atoms with Crippen LogP contribution in [0, 0.1) is 6.92 Å². The van der Waals surface area contributed by atoms with Gasteiger partial charge in [0.25, 0.3) is 0 Å². The van der Waals surface area contributed by atoms with E-state index in [1.165, 1.54) is 11.8 Å². The van der Waals surface area contributed by atoms with E-state index in [1.54, 1.807) is 4.68 Å². The van der Waals surface area contributed by atoms with Crippen LogP contribution in [0.4, 0.5) is 0 Å².